The Morgan fingerprint density at radius 3 is 2.65 bits per heavy atom. The van der Waals surface area contributed by atoms with Gasteiger partial charge in [0.2, 0.25) is 0 Å². The van der Waals surface area contributed by atoms with Crippen LogP contribution in [0.2, 0.25) is 0 Å². The van der Waals surface area contributed by atoms with Crippen molar-refractivity contribution < 1.29 is 14.3 Å². The summed E-state index contributed by atoms with van der Waals surface area (Å²) in [5, 5.41) is 3.15. The molecule has 0 aromatic heterocycles. The second-order valence-corrected chi connectivity index (χ2v) is 7.93. The Kier molecular flexibility index (Phi) is 9.72. The van der Waals surface area contributed by atoms with Gasteiger partial charge in [-0.1, -0.05) is 6.92 Å². The van der Waals surface area contributed by atoms with Crippen LogP contribution in [0.4, 0.5) is 4.79 Å². The van der Waals surface area contributed by atoms with Crippen molar-refractivity contribution in [1.29, 1.82) is 0 Å². The average Bonchev–Trinajstić information content (AvgIpc) is 2.56. The van der Waals surface area contributed by atoms with Crippen molar-refractivity contribution in [2.24, 2.45) is 16.6 Å². The largest absolute Gasteiger partial charge is 0.444 e. The number of aliphatic imine (C=N–C) groups is 1. The minimum absolute atomic E-state index is 0.196. The first-order chi connectivity index (χ1) is 12.2. The Hall–Kier alpha value is -1.54. The minimum atomic E-state index is -0.484. The first-order valence-corrected chi connectivity index (χ1v) is 9.45. The van der Waals surface area contributed by atoms with E-state index in [9.17, 15) is 4.79 Å². The topological polar surface area (TPSA) is 92.4 Å². The predicted molar refractivity (Wildman–Crippen MR) is 104 cm³/mol. The van der Waals surface area contributed by atoms with Crippen LogP contribution in [0.1, 0.15) is 34.1 Å². The SMILES string of the molecule is CC(CN=C(N)NCCCN1CCOCC1)CN(C)C(=O)OC(C)(C)C. The first kappa shape index (κ1) is 22.5. The maximum absolute atomic E-state index is 12.0. The van der Waals surface area contributed by atoms with Crippen molar-refractivity contribution in [3.63, 3.8) is 0 Å². The maximum atomic E-state index is 12.0. The van der Waals surface area contributed by atoms with Gasteiger partial charge < -0.3 is 25.4 Å². The lowest BCUT2D eigenvalue weighted by atomic mass is 10.2. The van der Waals surface area contributed by atoms with Gasteiger partial charge >= 0.3 is 6.09 Å². The second-order valence-electron chi connectivity index (χ2n) is 7.93. The molecule has 1 aliphatic heterocycles. The van der Waals surface area contributed by atoms with Crippen LogP contribution in [-0.4, -0.2) is 87.0 Å². The first-order valence-electron chi connectivity index (χ1n) is 9.45. The molecule has 1 rings (SSSR count). The number of hydrogen-bond acceptors (Lipinski definition) is 5. The number of nitrogens with one attached hydrogen (secondary N) is 1. The Bertz CT molecular complexity index is 445. The van der Waals surface area contributed by atoms with Gasteiger partial charge in [-0.2, -0.15) is 0 Å². The molecule has 0 aromatic carbocycles. The molecule has 8 heteroatoms. The van der Waals surface area contributed by atoms with Gasteiger partial charge in [0.05, 0.1) is 13.2 Å². The van der Waals surface area contributed by atoms with E-state index in [4.69, 9.17) is 15.2 Å². The number of rotatable bonds is 8. The second kappa shape index (κ2) is 11.2. The third-order valence-electron chi connectivity index (χ3n) is 3.92. The fraction of sp³-hybridized carbons (Fsp3) is 0.889. The van der Waals surface area contributed by atoms with E-state index < -0.39 is 5.60 Å². The summed E-state index contributed by atoms with van der Waals surface area (Å²) in [4.78, 5) is 20.3. The molecule has 1 unspecified atom stereocenters. The number of nitrogens with zero attached hydrogens (tertiary/aromatic N) is 3. The fourth-order valence-electron chi connectivity index (χ4n) is 2.59. The molecule has 8 nitrogen and oxygen atoms in total. The van der Waals surface area contributed by atoms with Crippen molar-refractivity contribution in [2.45, 2.75) is 39.7 Å². The molecule has 0 radical (unpaired) electrons. The number of hydrogen-bond donors (Lipinski definition) is 2. The smallest absolute Gasteiger partial charge is 0.410 e. The molecule has 1 fully saturated rings. The summed E-state index contributed by atoms with van der Waals surface area (Å²) in [5.41, 5.74) is 5.43. The van der Waals surface area contributed by atoms with Crippen molar-refractivity contribution in [3.05, 3.63) is 0 Å². The molecule has 0 spiro atoms. The molecule has 0 aliphatic carbocycles. The van der Waals surface area contributed by atoms with E-state index in [1.54, 1.807) is 11.9 Å². The quantitative estimate of drug-likeness (QED) is 0.377. The van der Waals surface area contributed by atoms with Crippen LogP contribution in [0.15, 0.2) is 4.99 Å². The molecule has 26 heavy (non-hydrogen) atoms. The van der Waals surface area contributed by atoms with Gasteiger partial charge in [-0.15, -0.1) is 0 Å². The van der Waals surface area contributed by atoms with E-state index in [0.29, 0.717) is 19.0 Å². The monoisotopic (exact) mass is 371 g/mol. The molecule has 1 atom stereocenters. The van der Waals surface area contributed by atoms with Crippen LogP contribution < -0.4 is 11.1 Å². The van der Waals surface area contributed by atoms with Crippen molar-refractivity contribution in [3.8, 4) is 0 Å². The molecule has 152 valence electrons. The summed E-state index contributed by atoms with van der Waals surface area (Å²) in [7, 11) is 1.74. The summed E-state index contributed by atoms with van der Waals surface area (Å²) in [6.45, 7) is 14.3. The molecular formula is C18H37N5O3. The van der Waals surface area contributed by atoms with E-state index in [0.717, 1.165) is 45.8 Å². The number of carbonyl (C=O) groups is 1. The van der Waals surface area contributed by atoms with Gasteiger partial charge in [0.1, 0.15) is 5.60 Å². The van der Waals surface area contributed by atoms with E-state index >= 15 is 0 Å². The van der Waals surface area contributed by atoms with Crippen LogP contribution in [0.3, 0.4) is 0 Å². The number of morpholine rings is 1. The van der Waals surface area contributed by atoms with Crippen molar-refractivity contribution in [2.75, 3.05) is 59.5 Å². The van der Waals surface area contributed by atoms with Gasteiger partial charge in [-0.05, 0) is 39.7 Å². The zero-order valence-corrected chi connectivity index (χ0v) is 17.1. The number of amides is 1. The van der Waals surface area contributed by atoms with E-state index in [1.165, 1.54) is 0 Å². The fourth-order valence-corrected chi connectivity index (χ4v) is 2.59. The van der Waals surface area contributed by atoms with E-state index in [1.807, 2.05) is 27.7 Å². The van der Waals surface area contributed by atoms with Crippen molar-refractivity contribution in [1.82, 2.24) is 15.1 Å². The molecule has 1 aliphatic rings. The summed E-state index contributed by atoms with van der Waals surface area (Å²) in [6, 6.07) is 0. The van der Waals surface area contributed by atoms with Gasteiger partial charge in [-0.25, -0.2) is 4.79 Å². The Morgan fingerprint density at radius 1 is 1.38 bits per heavy atom. The summed E-state index contributed by atoms with van der Waals surface area (Å²) in [6.07, 6.45) is 0.704. The van der Waals surface area contributed by atoms with E-state index in [-0.39, 0.29) is 12.0 Å². The van der Waals surface area contributed by atoms with Crippen molar-refractivity contribution >= 4 is 12.1 Å². The molecule has 0 saturated carbocycles. The molecule has 1 saturated heterocycles. The zero-order chi connectivity index (χ0) is 19.6. The minimum Gasteiger partial charge on any atom is -0.444 e. The zero-order valence-electron chi connectivity index (χ0n) is 17.1. The highest BCUT2D eigenvalue weighted by atomic mass is 16.6. The Balaban J connectivity index is 2.18. The highest BCUT2D eigenvalue weighted by molar-refractivity contribution is 5.77. The highest BCUT2D eigenvalue weighted by Gasteiger charge is 2.20. The van der Waals surface area contributed by atoms with Gasteiger partial charge in [0, 0.05) is 39.8 Å². The third-order valence-corrected chi connectivity index (χ3v) is 3.92. The summed E-state index contributed by atoms with van der Waals surface area (Å²) < 4.78 is 10.7. The third kappa shape index (κ3) is 10.5. The van der Waals surface area contributed by atoms with Crippen LogP contribution >= 0.6 is 0 Å². The van der Waals surface area contributed by atoms with Gasteiger partial charge in [0.15, 0.2) is 5.96 Å². The summed E-state index contributed by atoms with van der Waals surface area (Å²) in [5.74, 6) is 0.653. The molecule has 3 N–H and O–H groups in total. The van der Waals surface area contributed by atoms with Crippen LogP contribution in [0, 0.1) is 5.92 Å². The average molecular weight is 372 g/mol. The van der Waals surface area contributed by atoms with Gasteiger partial charge in [0.25, 0.3) is 0 Å². The standard InChI is InChI=1S/C18H37N5O3/c1-15(14-22(5)17(24)26-18(2,3)4)13-21-16(19)20-7-6-8-23-9-11-25-12-10-23/h15H,6-14H2,1-5H3,(H3,19,20,21). The Labute approximate surface area is 158 Å². The maximum Gasteiger partial charge on any atom is 0.410 e. The van der Waals surface area contributed by atoms with Crippen LogP contribution in [0.5, 0.6) is 0 Å². The van der Waals surface area contributed by atoms with E-state index in [2.05, 4.69) is 15.2 Å². The lowest BCUT2D eigenvalue weighted by Gasteiger charge is -2.26. The number of ether oxygens (including phenoxy) is 2. The van der Waals surface area contributed by atoms with Crippen LogP contribution in [-0.2, 0) is 9.47 Å². The molecule has 0 aromatic rings. The summed E-state index contributed by atoms with van der Waals surface area (Å²) >= 11 is 0. The lowest BCUT2D eigenvalue weighted by molar-refractivity contribution is 0.0279. The normalized spacial score (nSPS) is 17.7. The highest BCUT2D eigenvalue weighted by Crippen LogP contribution is 2.10. The predicted octanol–water partition coefficient (Wildman–Crippen LogP) is 1.12. The Morgan fingerprint density at radius 2 is 2.04 bits per heavy atom. The number of carbonyl (C=O) groups excluding carboxylic acids is 1. The number of guanidine groups is 1. The number of nitrogens with two attached hydrogens (primary N) is 1. The molecule has 0 bridgehead atoms. The molecule has 1 heterocycles. The van der Waals surface area contributed by atoms with Crippen LogP contribution in [0.25, 0.3) is 0 Å². The lowest BCUT2D eigenvalue weighted by Crippen LogP contribution is -2.39. The van der Waals surface area contributed by atoms with Gasteiger partial charge in [-0.3, -0.25) is 9.89 Å². The molecule has 1 amide bonds. The molecular weight excluding hydrogens is 334 g/mol.